The normalized spacial score (nSPS) is 11.2. The number of nitrogens with zero attached hydrogens (tertiary/aromatic N) is 1. The average Bonchev–Trinajstić information content (AvgIpc) is 2.86. The van der Waals surface area contributed by atoms with Gasteiger partial charge in [0.05, 0.1) is 17.7 Å². The van der Waals surface area contributed by atoms with Crippen molar-refractivity contribution in [2.45, 2.75) is 38.1 Å². The first kappa shape index (κ1) is 25.2. The van der Waals surface area contributed by atoms with Gasteiger partial charge in [0.15, 0.2) is 0 Å². The van der Waals surface area contributed by atoms with Crippen molar-refractivity contribution < 1.29 is 22.3 Å². The largest absolute Gasteiger partial charge is 0.497 e. The van der Waals surface area contributed by atoms with E-state index in [1.807, 2.05) is 6.92 Å². The fraction of sp³-hybridized carbons (Fsp3) is 0.269. The van der Waals surface area contributed by atoms with E-state index in [0.717, 1.165) is 46.0 Å². The number of nitrogens with one attached hydrogen (secondary N) is 1. The third-order valence-electron chi connectivity index (χ3n) is 5.59. The van der Waals surface area contributed by atoms with Gasteiger partial charge < -0.3 is 10.1 Å². The lowest BCUT2D eigenvalue weighted by Gasteiger charge is -2.24. The molecule has 180 valence electrons. The van der Waals surface area contributed by atoms with E-state index in [9.17, 15) is 17.6 Å². The highest BCUT2D eigenvalue weighted by atomic mass is 32.2. The highest BCUT2D eigenvalue weighted by Gasteiger charge is 2.27. The monoisotopic (exact) mass is 484 g/mol. The van der Waals surface area contributed by atoms with Crippen LogP contribution in [0.1, 0.15) is 30.5 Å². The Kier molecular flexibility index (Phi) is 8.28. The Morgan fingerprint density at radius 3 is 2.21 bits per heavy atom. The highest BCUT2D eigenvalue weighted by Crippen LogP contribution is 2.25. The molecule has 0 aliphatic rings. The van der Waals surface area contributed by atoms with Crippen molar-refractivity contribution in [2.24, 2.45) is 0 Å². The number of ether oxygens (including phenoxy) is 1. The Labute approximate surface area is 200 Å². The van der Waals surface area contributed by atoms with E-state index >= 15 is 0 Å². The number of hydrogen-bond donors (Lipinski definition) is 1. The molecule has 34 heavy (non-hydrogen) atoms. The topological polar surface area (TPSA) is 75.7 Å². The van der Waals surface area contributed by atoms with Crippen LogP contribution in [0.4, 0.5) is 10.1 Å². The van der Waals surface area contributed by atoms with Gasteiger partial charge in [-0.1, -0.05) is 32.0 Å². The zero-order chi connectivity index (χ0) is 24.7. The molecular formula is C26H29FN2O4S. The molecule has 8 heteroatoms. The Morgan fingerprint density at radius 1 is 0.941 bits per heavy atom. The number of hydrogen-bond acceptors (Lipinski definition) is 4. The van der Waals surface area contributed by atoms with Crippen LogP contribution in [0.3, 0.4) is 0 Å². The molecule has 0 unspecified atom stereocenters. The van der Waals surface area contributed by atoms with Crippen molar-refractivity contribution in [1.29, 1.82) is 0 Å². The maximum Gasteiger partial charge on any atom is 0.264 e. The molecule has 0 heterocycles. The van der Waals surface area contributed by atoms with Gasteiger partial charge in [0.25, 0.3) is 10.0 Å². The fourth-order valence-electron chi connectivity index (χ4n) is 3.59. The lowest BCUT2D eigenvalue weighted by molar-refractivity contribution is -0.119. The predicted octanol–water partition coefficient (Wildman–Crippen LogP) is 4.47. The van der Waals surface area contributed by atoms with Gasteiger partial charge in [0.2, 0.25) is 5.91 Å². The van der Waals surface area contributed by atoms with Crippen molar-refractivity contribution >= 4 is 21.6 Å². The molecule has 0 aromatic heterocycles. The number of sulfonamides is 1. The van der Waals surface area contributed by atoms with Crippen molar-refractivity contribution in [3.8, 4) is 5.75 Å². The molecule has 0 fully saturated rings. The van der Waals surface area contributed by atoms with Crippen LogP contribution in [-0.4, -0.2) is 28.0 Å². The van der Waals surface area contributed by atoms with Crippen LogP contribution in [0.25, 0.3) is 0 Å². The van der Waals surface area contributed by atoms with Crippen LogP contribution in [0.15, 0.2) is 71.6 Å². The van der Waals surface area contributed by atoms with E-state index in [0.29, 0.717) is 5.75 Å². The third kappa shape index (κ3) is 5.94. The number of rotatable bonds is 10. The summed E-state index contributed by atoms with van der Waals surface area (Å²) in [5.74, 6) is -0.464. The summed E-state index contributed by atoms with van der Waals surface area (Å²) in [5, 5.41) is 2.84. The Hall–Kier alpha value is -3.39. The van der Waals surface area contributed by atoms with Gasteiger partial charge >= 0.3 is 0 Å². The number of amides is 1. The minimum absolute atomic E-state index is 0.00524. The SMILES string of the molecule is CCc1ccc(CC)c(CNC(=O)CN(c2ccc(F)cc2)S(=O)(=O)c2ccc(OC)cc2)c1. The first-order chi connectivity index (χ1) is 16.3. The smallest absolute Gasteiger partial charge is 0.264 e. The molecule has 0 saturated heterocycles. The van der Waals surface area contributed by atoms with Crippen molar-refractivity contribution in [3.05, 3.63) is 89.2 Å². The van der Waals surface area contributed by atoms with E-state index < -0.39 is 28.3 Å². The minimum Gasteiger partial charge on any atom is -0.497 e. The second-order valence-electron chi connectivity index (χ2n) is 7.75. The van der Waals surface area contributed by atoms with Crippen molar-refractivity contribution in [3.63, 3.8) is 0 Å². The summed E-state index contributed by atoms with van der Waals surface area (Å²) >= 11 is 0. The van der Waals surface area contributed by atoms with Crippen LogP contribution < -0.4 is 14.4 Å². The van der Waals surface area contributed by atoms with E-state index in [1.165, 1.54) is 43.5 Å². The summed E-state index contributed by atoms with van der Waals surface area (Å²) in [6, 6.07) is 17.1. The van der Waals surface area contributed by atoms with Gasteiger partial charge in [-0.25, -0.2) is 12.8 Å². The quantitative estimate of drug-likeness (QED) is 0.461. The predicted molar refractivity (Wildman–Crippen MR) is 131 cm³/mol. The second-order valence-corrected chi connectivity index (χ2v) is 9.61. The van der Waals surface area contributed by atoms with Gasteiger partial charge in [0.1, 0.15) is 18.1 Å². The summed E-state index contributed by atoms with van der Waals surface area (Å²) < 4.78 is 46.4. The molecule has 0 aliphatic heterocycles. The molecule has 0 radical (unpaired) electrons. The fourth-order valence-corrected chi connectivity index (χ4v) is 5.01. The van der Waals surface area contributed by atoms with Crippen LogP contribution in [-0.2, 0) is 34.2 Å². The summed E-state index contributed by atoms with van der Waals surface area (Å²) in [5.41, 5.74) is 3.48. The van der Waals surface area contributed by atoms with E-state index in [-0.39, 0.29) is 17.1 Å². The number of aryl methyl sites for hydroxylation is 2. The Bertz CT molecular complexity index is 1230. The number of carbonyl (C=O) groups excluding carboxylic acids is 1. The summed E-state index contributed by atoms with van der Waals surface area (Å²) in [6.07, 6.45) is 1.70. The average molecular weight is 485 g/mol. The van der Waals surface area contributed by atoms with E-state index in [2.05, 4.69) is 30.4 Å². The van der Waals surface area contributed by atoms with Gasteiger partial charge in [-0.15, -0.1) is 0 Å². The summed E-state index contributed by atoms with van der Waals surface area (Å²) in [6.45, 7) is 3.95. The van der Waals surface area contributed by atoms with Gasteiger partial charge in [-0.05, 0) is 78.1 Å². The molecule has 3 aromatic carbocycles. The standard InChI is InChI=1S/C26H29FN2O4S/c1-4-19-6-7-20(5-2)21(16-19)17-28-26(30)18-29(23-10-8-22(27)9-11-23)34(31,32)25-14-12-24(33-3)13-15-25/h6-16H,4-5,17-18H2,1-3H3,(H,28,30). The van der Waals surface area contributed by atoms with Crippen LogP contribution in [0.5, 0.6) is 5.75 Å². The molecule has 3 rings (SSSR count). The van der Waals surface area contributed by atoms with Crippen molar-refractivity contribution in [1.82, 2.24) is 5.32 Å². The number of halogens is 1. The molecule has 3 aromatic rings. The van der Waals surface area contributed by atoms with Gasteiger partial charge in [-0.3, -0.25) is 9.10 Å². The van der Waals surface area contributed by atoms with Crippen LogP contribution >= 0.6 is 0 Å². The summed E-state index contributed by atoms with van der Waals surface area (Å²) in [4.78, 5) is 12.9. The molecule has 0 saturated carbocycles. The Balaban J connectivity index is 1.86. The highest BCUT2D eigenvalue weighted by molar-refractivity contribution is 7.92. The molecule has 1 N–H and O–H groups in total. The first-order valence-corrected chi connectivity index (χ1v) is 12.5. The zero-order valence-corrected chi connectivity index (χ0v) is 20.4. The maximum atomic E-state index is 13.5. The lowest BCUT2D eigenvalue weighted by Crippen LogP contribution is -2.40. The molecular weight excluding hydrogens is 455 g/mol. The van der Waals surface area contributed by atoms with Crippen LogP contribution in [0, 0.1) is 5.82 Å². The third-order valence-corrected chi connectivity index (χ3v) is 7.37. The summed E-state index contributed by atoms with van der Waals surface area (Å²) in [7, 11) is -2.61. The zero-order valence-electron chi connectivity index (χ0n) is 19.5. The van der Waals surface area contributed by atoms with Crippen molar-refractivity contribution in [2.75, 3.05) is 18.0 Å². The Morgan fingerprint density at radius 2 is 1.62 bits per heavy atom. The van der Waals surface area contributed by atoms with Gasteiger partial charge in [-0.2, -0.15) is 0 Å². The molecule has 1 amide bonds. The first-order valence-electron chi connectivity index (χ1n) is 11.1. The molecule has 0 spiro atoms. The molecule has 0 atom stereocenters. The maximum absolute atomic E-state index is 13.5. The number of anilines is 1. The number of methoxy groups -OCH3 is 1. The van der Waals surface area contributed by atoms with Gasteiger partial charge in [0, 0.05) is 6.54 Å². The minimum atomic E-state index is -4.10. The number of benzene rings is 3. The second kappa shape index (κ2) is 11.2. The molecule has 0 bridgehead atoms. The molecule has 6 nitrogen and oxygen atoms in total. The lowest BCUT2D eigenvalue weighted by atomic mass is 10.0. The molecule has 0 aliphatic carbocycles. The van der Waals surface area contributed by atoms with E-state index in [1.54, 1.807) is 0 Å². The van der Waals surface area contributed by atoms with E-state index in [4.69, 9.17) is 4.74 Å². The number of carbonyl (C=O) groups is 1. The van der Waals surface area contributed by atoms with Crippen LogP contribution in [0.2, 0.25) is 0 Å².